The fraction of sp³-hybridized carbons (Fsp3) is 0.320. The number of hydrogen-bond acceptors (Lipinski definition) is 7. The molecule has 13 heteroatoms. The number of halogens is 1. The molecule has 2 atom stereocenters. The third kappa shape index (κ3) is 8.66. The average Bonchev–Trinajstić information content (AvgIpc) is 2.88. The maximum Gasteiger partial charge on any atom is 0.255 e. The number of nitrogens with two attached hydrogens (primary N) is 1. The van der Waals surface area contributed by atoms with Gasteiger partial charge in [-0.05, 0) is 36.4 Å². The zero-order chi connectivity index (χ0) is 27.5. The van der Waals surface area contributed by atoms with Crippen LogP contribution in [-0.4, -0.2) is 67.9 Å². The SMILES string of the molecule is NC(=O)C[C@@H]1NC(=O)C[C@@H](C(=O)NCCOc2ccc(Cl)cc2)NC(=O)c2ccccc2OCCNC1=O. The summed E-state index contributed by atoms with van der Waals surface area (Å²) in [5.74, 6) is -2.72. The quantitative estimate of drug-likeness (QED) is 0.301. The lowest BCUT2D eigenvalue weighted by Crippen LogP contribution is -2.53. The molecular weight excluding hydrogens is 518 g/mol. The highest BCUT2D eigenvalue weighted by Gasteiger charge is 2.29. The summed E-state index contributed by atoms with van der Waals surface area (Å²) in [4.78, 5) is 62.7. The molecule has 0 saturated heterocycles. The number of para-hydroxylation sites is 1. The van der Waals surface area contributed by atoms with Crippen LogP contribution in [0.3, 0.4) is 0 Å². The molecule has 0 aromatic heterocycles. The first-order valence-corrected chi connectivity index (χ1v) is 12.1. The zero-order valence-electron chi connectivity index (χ0n) is 20.3. The molecule has 38 heavy (non-hydrogen) atoms. The molecule has 0 radical (unpaired) electrons. The van der Waals surface area contributed by atoms with E-state index in [4.69, 9.17) is 26.8 Å². The van der Waals surface area contributed by atoms with E-state index in [-0.39, 0.29) is 37.6 Å². The number of primary amides is 1. The molecular formula is C25H28ClN5O7. The minimum Gasteiger partial charge on any atom is -0.492 e. The van der Waals surface area contributed by atoms with Gasteiger partial charge in [-0.25, -0.2) is 0 Å². The number of carbonyl (C=O) groups is 5. The number of amides is 5. The molecule has 0 saturated carbocycles. The summed E-state index contributed by atoms with van der Waals surface area (Å²) in [5, 5.41) is 10.7. The Labute approximate surface area is 223 Å². The van der Waals surface area contributed by atoms with Crippen molar-refractivity contribution in [2.45, 2.75) is 24.9 Å². The predicted octanol–water partition coefficient (Wildman–Crippen LogP) is -0.107. The van der Waals surface area contributed by atoms with Gasteiger partial charge in [0.25, 0.3) is 5.91 Å². The average molecular weight is 546 g/mol. The third-order valence-corrected chi connectivity index (χ3v) is 5.59. The summed E-state index contributed by atoms with van der Waals surface area (Å²) in [5.41, 5.74) is 5.37. The number of benzene rings is 2. The Kier molecular flexibility index (Phi) is 10.3. The fourth-order valence-electron chi connectivity index (χ4n) is 3.53. The molecule has 2 aromatic rings. The Hall–Kier alpha value is -4.32. The standard InChI is InChI=1S/C25H28ClN5O7/c26-15-5-7-16(8-6-15)37-11-9-28-25(36)19-14-22(33)30-18(13-21(27)32)24(35)29-10-12-38-20-4-2-1-3-17(20)23(34)31-19/h1-8,18-19H,9-14H2,(H2,27,32)(H,28,36)(H,29,35)(H,30,33)(H,31,34)/t18-,19-/m0/s1. The van der Waals surface area contributed by atoms with Crippen LogP contribution in [0.2, 0.25) is 5.02 Å². The van der Waals surface area contributed by atoms with E-state index >= 15 is 0 Å². The van der Waals surface area contributed by atoms with Gasteiger partial charge in [-0.3, -0.25) is 24.0 Å². The van der Waals surface area contributed by atoms with Crippen molar-refractivity contribution in [2.75, 3.05) is 26.3 Å². The maximum atomic E-state index is 13.0. The molecule has 0 bridgehead atoms. The van der Waals surface area contributed by atoms with Crippen LogP contribution in [0, 0.1) is 0 Å². The van der Waals surface area contributed by atoms with Crippen LogP contribution in [0.15, 0.2) is 48.5 Å². The number of nitrogens with one attached hydrogen (secondary N) is 4. The Morgan fingerprint density at radius 2 is 1.82 bits per heavy atom. The maximum absolute atomic E-state index is 13.0. The van der Waals surface area contributed by atoms with Crippen LogP contribution in [-0.2, 0) is 19.2 Å². The number of carbonyl (C=O) groups excluding carboxylic acids is 5. The van der Waals surface area contributed by atoms with E-state index in [0.29, 0.717) is 10.8 Å². The second-order valence-electron chi connectivity index (χ2n) is 8.25. The van der Waals surface area contributed by atoms with Gasteiger partial charge >= 0.3 is 0 Å². The Morgan fingerprint density at radius 1 is 1.08 bits per heavy atom. The molecule has 0 aliphatic carbocycles. The first-order valence-electron chi connectivity index (χ1n) is 11.8. The Balaban J connectivity index is 1.74. The van der Waals surface area contributed by atoms with Crippen molar-refractivity contribution in [3.8, 4) is 11.5 Å². The normalized spacial score (nSPS) is 18.4. The summed E-state index contributed by atoms with van der Waals surface area (Å²) in [6.45, 7) is 0.230. The van der Waals surface area contributed by atoms with E-state index in [0.717, 1.165) is 0 Å². The van der Waals surface area contributed by atoms with E-state index < -0.39 is 54.5 Å². The summed E-state index contributed by atoms with van der Waals surface area (Å²) < 4.78 is 11.2. The van der Waals surface area contributed by atoms with Crippen molar-refractivity contribution in [1.82, 2.24) is 21.3 Å². The second kappa shape index (κ2) is 13.8. The van der Waals surface area contributed by atoms with Crippen LogP contribution in [0.4, 0.5) is 0 Å². The van der Waals surface area contributed by atoms with Gasteiger partial charge in [0, 0.05) is 5.02 Å². The van der Waals surface area contributed by atoms with Gasteiger partial charge in [0.05, 0.1) is 31.5 Å². The minimum atomic E-state index is -1.31. The first kappa shape index (κ1) is 28.3. The molecule has 1 heterocycles. The van der Waals surface area contributed by atoms with Crippen molar-refractivity contribution in [3.63, 3.8) is 0 Å². The highest BCUT2D eigenvalue weighted by atomic mass is 35.5. The zero-order valence-corrected chi connectivity index (χ0v) is 21.1. The number of hydrogen-bond donors (Lipinski definition) is 5. The first-order chi connectivity index (χ1) is 18.2. The van der Waals surface area contributed by atoms with Crippen molar-refractivity contribution >= 4 is 41.1 Å². The van der Waals surface area contributed by atoms with Crippen LogP contribution in [0.5, 0.6) is 11.5 Å². The van der Waals surface area contributed by atoms with Gasteiger partial charge in [0.1, 0.15) is 36.8 Å². The molecule has 0 fully saturated rings. The van der Waals surface area contributed by atoms with Gasteiger partial charge in [0.2, 0.25) is 23.6 Å². The smallest absolute Gasteiger partial charge is 0.255 e. The monoisotopic (exact) mass is 545 g/mol. The molecule has 1 aliphatic rings. The second-order valence-corrected chi connectivity index (χ2v) is 8.69. The lowest BCUT2D eigenvalue weighted by Gasteiger charge is -2.22. The van der Waals surface area contributed by atoms with E-state index in [2.05, 4.69) is 21.3 Å². The molecule has 202 valence electrons. The van der Waals surface area contributed by atoms with E-state index in [1.54, 1.807) is 42.5 Å². The molecule has 12 nitrogen and oxygen atoms in total. The topological polar surface area (TPSA) is 178 Å². The van der Waals surface area contributed by atoms with Crippen molar-refractivity contribution in [3.05, 3.63) is 59.1 Å². The highest BCUT2D eigenvalue weighted by Crippen LogP contribution is 2.18. The van der Waals surface area contributed by atoms with Gasteiger partial charge in [-0.2, -0.15) is 0 Å². The molecule has 0 spiro atoms. The summed E-state index contributed by atoms with van der Waals surface area (Å²) in [6.07, 6.45) is -0.965. The van der Waals surface area contributed by atoms with Gasteiger partial charge in [-0.15, -0.1) is 0 Å². The lowest BCUT2D eigenvalue weighted by molar-refractivity contribution is -0.132. The van der Waals surface area contributed by atoms with Gasteiger partial charge in [0.15, 0.2) is 0 Å². The molecule has 5 amide bonds. The molecule has 0 unspecified atom stereocenters. The van der Waals surface area contributed by atoms with Crippen LogP contribution >= 0.6 is 11.6 Å². The number of ether oxygens (including phenoxy) is 2. The number of fused-ring (bicyclic) bond motifs is 1. The van der Waals surface area contributed by atoms with E-state index in [1.807, 2.05) is 0 Å². The highest BCUT2D eigenvalue weighted by molar-refractivity contribution is 6.30. The predicted molar refractivity (Wildman–Crippen MR) is 137 cm³/mol. The van der Waals surface area contributed by atoms with Crippen molar-refractivity contribution < 1.29 is 33.4 Å². The van der Waals surface area contributed by atoms with E-state index in [1.165, 1.54) is 6.07 Å². The molecule has 2 aromatic carbocycles. The molecule has 1 aliphatic heterocycles. The Bertz CT molecular complexity index is 1170. The molecule has 6 N–H and O–H groups in total. The van der Waals surface area contributed by atoms with Gasteiger partial charge in [-0.1, -0.05) is 23.7 Å². The summed E-state index contributed by atoms with van der Waals surface area (Å²) in [6, 6.07) is 10.4. The number of rotatable bonds is 7. The summed E-state index contributed by atoms with van der Waals surface area (Å²) in [7, 11) is 0. The Morgan fingerprint density at radius 3 is 2.55 bits per heavy atom. The van der Waals surface area contributed by atoms with E-state index in [9.17, 15) is 24.0 Å². The van der Waals surface area contributed by atoms with Crippen LogP contribution in [0.1, 0.15) is 23.2 Å². The minimum absolute atomic E-state index is 0.00477. The summed E-state index contributed by atoms with van der Waals surface area (Å²) >= 11 is 5.85. The van der Waals surface area contributed by atoms with Crippen LogP contribution < -0.4 is 36.5 Å². The lowest BCUT2D eigenvalue weighted by atomic mass is 10.1. The third-order valence-electron chi connectivity index (χ3n) is 5.34. The van der Waals surface area contributed by atoms with Crippen LogP contribution in [0.25, 0.3) is 0 Å². The molecule has 3 rings (SSSR count). The van der Waals surface area contributed by atoms with Crippen molar-refractivity contribution in [1.29, 1.82) is 0 Å². The van der Waals surface area contributed by atoms with Crippen molar-refractivity contribution in [2.24, 2.45) is 5.73 Å². The fourth-order valence-corrected chi connectivity index (χ4v) is 3.66. The largest absolute Gasteiger partial charge is 0.492 e. The van der Waals surface area contributed by atoms with Gasteiger partial charge < -0.3 is 36.5 Å².